The number of aliphatic hydroxyl groups is 8. The highest BCUT2D eigenvalue weighted by Crippen LogP contribution is 2.34. The van der Waals surface area contributed by atoms with Crippen LogP contribution in [0.25, 0.3) is 0 Å². The van der Waals surface area contributed by atoms with Crippen LogP contribution in [0.5, 0.6) is 0 Å². The van der Waals surface area contributed by atoms with Crippen LogP contribution in [-0.4, -0.2) is 128 Å². The number of carbonyl (C=O) groups excluding carboxylic acids is 2. The first kappa shape index (κ1) is 31.9. The van der Waals surface area contributed by atoms with Crippen LogP contribution in [0.3, 0.4) is 0 Å². The van der Waals surface area contributed by atoms with Gasteiger partial charge in [0.05, 0.1) is 13.2 Å². The minimum absolute atomic E-state index is 0.0568. The monoisotopic (exact) mass is 592 g/mol. The van der Waals surface area contributed by atoms with Gasteiger partial charge in [0.1, 0.15) is 61.0 Å². The minimum atomic E-state index is -1.56. The van der Waals surface area contributed by atoms with Crippen molar-refractivity contribution in [3.05, 3.63) is 70.8 Å². The molecule has 2 aromatic rings. The number of hydrogen-bond acceptors (Lipinski definition) is 12. The Bertz CT molecular complexity index is 1130. The Morgan fingerprint density at radius 1 is 0.595 bits per heavy atom. The molecule has 2 amide bonds. The predicted octanol–water partition coefficient (Wildman–Crippen LogP) is -3.12. The van der Waals surface area contributed by atoms with Crippen LogP contribution in [0.1, 0.15) is 44.1 Å². The van der Waals surface area contributed by atoms with Gasteiger partial charge in [0.2, 0.25) is 0 Å². The first-order valence-corrected chi connectivity index (χ1v) is 13.4. The van der Waals surface area contributed by atoms with Gasteiger partial charge in [-0.1, -0.05) is 24.3 Å². The second-order valence-corrected chi connectivity index (χ2v) is 10.3. The standard InChI is InChI=1S/C28H36N2O12/c31-11-17-19(33)21(35)23(37)25(41-17)13-3-1-5-15(9-13)27(39)29-7-8-30-28(40)16-6-2-4-14(10-16)26-24(38)22(36)20(34)18(12-32)42-26/h1-6,9-10,17-26,31-38H,7-8,11-12H2,(H,29,39)(H,30,40). The highest BCUT2D eigenvalue weighted by atomic mass is 16.6. The fourth-order valence-corrected chi connectivity index (χ4v) is 5.02. The maximum absolute atomic E-state index is 12.7. The van der Waals surface area contributed by atoms with E-state index in [9.17, 15) is 50.4 Å². The third-order valence-corrected chi connectivity index (χ3v) is 7.44. The van der Waals surface area contributed by atoms with Gasteiger partial charge >= 0.3 is 0 Å². The molecular weight excluding hydrogens is 556 g/mol. The third-order valence-electron chi connectivity index (χ3n) is 7.44. The molecule has 10 atom stereocenters. The van der Waals surface area contributed by atoms with Crippen molar-refractivity contribution in [1.82, 2.24) is 10.6 Å². The Morgan fingerprint density at radius 2 is 0.976 bits per heavy atom. The van der Waals surface area contributed by atoms with Crippen molar-refractivity contribution in [2.45, 2.75) is 61.0 Å². The van der Waals surface area contributed by atoms with Crippen LogP contribution in [0.15, 0.2) is 48.5 Å². The van der Waals surface area contributed by atoms with Crippen LogP contribution in [0.4, 0.5) is 0 Å². The molecule has 2 saturated heterocycles. The van der Waals surface area contributed by atoms with Crippen LogP contribution in [-0.2, 0) is 9.47 Å². The zero-order valence-electron chi connectivity index (χ0n) is 22.4. The summed E-state index contributed by atoms with van der Waals surface area (Å²) in [7, 11) is 0. The highest BCUT2D eigenvalue weighted by Gasteiger charge is 2.45. The van der Waals surface area contributed by atoms with Gasteiger partial charge in [0.25, 0.3) is 11.8 Å². The second kappa shape index (κ2) is 14.0. The number of ether oxygens (including phenoxy) is 2. The molecule has 0 spiro atoms. The number of aliphatic hydroxyl groups excluding tert-OH is 8. The molecule has 0 aromatic heterocycles. The van der Waals surface area contributed by atoms with E-state index in [-0.39, 0.29) is 24.2 Å². The maximum atomic E-state index is 12.7. The molecule has 14 nitrogen and oxygen atoms in total. The van der Waals surface area contributed by atoms with Gasteiger partial charge in [-0.3, -0.25) is 9.59 Å². The lowest BCUT2D eigenvalue weighted by atomic mass is 9.90. The fraction of sp³-hybridized carbons (Fsp3) is 0.500. The molecule has 4 rings (SSSR count). The lowest BCUT2D eigenvalue weighted by molar-refractivity contribution is -0.231. The zero-order chi connectivity index (χ0) is 30.6. The van der Waals surface area contributed by atoms with Gasteiger partial charge in [-0.15, -0.1) is 0 Å². The third kappa shape index (κ3) is 6.79. The number of hydrogen-bond donors (Lipinski definition) is 10. The Kier molecular flexibility index (Phi) is 10.6. The summed E-state index contributed by atoms with van der Waals surface area (Å²) in [6.45, 7) is -1.04. The molecule has 0 aliphatic carbocycles. The van der Waals surface area contributed by atoms with Gasteiger partial charge in [0, 0.05) is 24.2 Å². The molecule has 10 N–H and O–H groups in total. The summed E-state index contributed by atoms with van der Waals surface area (Å²) in [5.41, 5.74) is 1.13. The number of benzene rings is 2. The summed E-state index contributed by atoms with van der Waals surface area (Å²) < 4.78 is 11.1. The van der Waals surface area contributed by atoms with Gasteiger partial charge < -0.3 is 61.0 Å². The first-order chi connectivity index (χ1) is 20.1. The summed E-state index contributed by atoms with van der Waals surface area (Å²) >= 11 is 0. The van der Waals surface area contributed by atoms with Crippen LogP contribution >= 0.6 is 0 Å². The molecule has 230 valence electrons. The molecule has 14 heteroatoms. The van der Waals surface area contributed by atoms with E-state index in [0.29, 0.717) is 11.1 Å². The van der Waals surface area contributed by atoms with E-state index in [0.717, 1.165) is 0 Å². The molecule has 2 aromatic carbocycles. The number of carbonyl (C=O) groups is 2. The molecule has 10 unspecified atom stereocenters. The number of rotatable bonds is 9. The largest absolute Gasteiger partial charge is 0.394 e. The maximum Gasteiger partial charge on any atom is 0.251 e. The lowest BCUT2D eigenvalue weighted by Crippen LogP contribution is -2.55. The Morgan fingerprint density at radius 3 is 1.33 bits per heavy atom. The first-order valence-electron chi connectivity index (χ1n) is 13.4. The fourth-order valence-electron chi connectivity index (χ4n) is 5.02. The summed E-state index contributed by atoms with van der Waals surface area (Å²) in [6, 6.07) is 12.2. The molecule has 0 bridgehead atoms. The molecule has 0 saturated carbocycles. The summed E-state index contributed by atoms with van der Waals surface area (Å²) in [5, 5.41) is 85.0. The van der Waals surface area contributed by atoms with Crippen LogP contribution < -0.4 is 10.6 Å². The Labute approximate surface area is 240 Å². The molecule has 2 aliphatic heterocycles. The Hall–Kier alpha value is -3.02. The van der Waals surface area contributed by atoms with Crippen LogP contribution in [0.2, 0.25) is 0 Å². The SMILES string of the molecule is O=C(NCCNC(=O)c1cccc(C2OC(CO)C(O)C(O)C2O)c1)c1cccc(C2OC(CO)C(O)C(O)C2O)c1. The Balaban J connectivity index is 1.31. The van der Waals surface area contributed by atoms with Gasteiger partial charge in [-0.2, -0.15) is 0 Å². The van der Waals surface area contributed by atoms with Crippen molar-refractivity contribution in [1.29, 1.82) is 0 Å². The summed E-state index contributed by atoms with van der Waals surface area (Å²) in [6.07, 6.45) is -13.5. The summed E-state index contributed by atoms with van der Waals surface area (Å²) in [5.74, 6) is -0.972. The van der Waals surface area contributed by atoms with Crippen LogP contribution in [0, 0.1) is 0 Å². The van der Waals surface area contributed by atoms with E-state index in [4.69, 9.17) is 9.47 Å². The van der Waals surface area contributed by atoms with E-state index < -0.39 is 86.1 Å². The van der Waals surface area contributed by atoms with Gasteiger partial charge in [0.15, 0.2) is 0 Å². The summed E-state index contributed by atoms with van der Waals surface area (Å²) in [4.78, 5) is 25.4. The van der Waals surface area contributed by atoms with E-state index in [1.165, 1.54) is 24.3 Å². The van der Waals surface area contributed by atoms with Gasteiger partial charge in [-0.25, -0.2) is 0 Å². The number of nitrogens with one attached hydrogen (secondary N) is 2. The normalized spacial score (nSPS) is 33.1. The number of amides is 2. The predicted molar refractivity (Wildman–Crippen MR) is 143 cm³/mol. The van der Waals surface area contributed by atoms with E-state index in [1.54, 1.807) is 24.3 Å². The highest BCUT2D eigenvalue weighted by molar-refractivity contribution is 5.95. The molecular formula is C28H36N2O12. The van der Waals surface area contributed by atoms with Crippen molar-refractivity contribution in [2.75, 3.05) is 26.3 Å². The van der Waals surface area contributed by atoms with Crippen molar-refractivity contribution in [3.63, 3.8) is 0 Å². The molecule has 0 radical (unpaired) electrons. The average molecular weight is 593 g/mol. The van der Waals surface area contributed by atoms with Crippen molar-refractivity contribution < 1.29 is 59.9 Å². The average Bonchev–Trinajstić information content (AvgIpc) is 3.01. The van der Waals surface area contributed by atoms with Crippen molar-refractivity contribution in [3.8, 4) is 0 Å². The molecule has 2 fully saturated rings. The minimum Gasteiger partial charge on any atom is -0.394 e. The van der Waals surface area contributed by atoms with Gasteiger partial charge in [-0.05, 0) is 35.4 Å². The molecule has 2 heterocycles. The van der Waals surface area contributed by atoms with Crippen molar-refractivity contribution >= 4 is 11.8 Å². The molecule has 2 aliphatic rings. The zero-order valence-corrected chi connectivity index (χ0v) is 22.4. The van der Waals surface area contributed by atoms with E-state index in [1.807, 2.05) is 0 Å². The lowest BCUT2D eigenvalue weighted by Gasteiger charge is -2.40. The molecule has 42 heavy (non-hydrogen) atoms. The van der Waals surface area contributed by atoms with E-state index >= 15 is 0 Å². The second-order valence-electron chi connectivity index (χ2n) is 10.3. The smallest absolute Gasteiger partial charge is 0.251 e. The topological polar surface area (TPSA) is 238 Å². The quantitative estimate of drug-likeness (QED) is 0.130. The van der Waals surface area contributed by atoms with E-state index in [2.05, 4.69) is 10.6 Å². The van der Waals surface area contributed by atoms with Crippen molar-refractivity contribution in [2.24, 2.45) is 0 Å².